The number of nitrogens with zero attached hydrogens (tertiary/aromatic N) is 2. The second kappa shape index (κ2) is 9.92. The van der Waals surface area contributed by atoms with Gasteiger partial charge in [0.15, 0.2) is 0 Å². The smallest absolute Gasteiger partial charge is 0.211 e. The van der Waals surface area contributed by atoms with Gasteiger partial charge in [0.25, 0.3) is 0 Å². The maximum atomic E-state index is 10.1. The molecule has 1 aliphatic heterocycles. The minimum absolute atomic E-state index is 0. The number of likely N-dealkylation sites (tertiary alicyclic amines) is 1. The minimum atomic E-state index is 0. The van der Waals surface area contributed by atoms with Crippen LogP contribution in [0.2, 0.25) is 0 Å². The van der Waals surface area contributed by atoms with Crippen LogP contribution < -0.4 is 10.1 Å². The van der Waals surface area contributed by atoms with E-state index in [0.29, 0.717) is 12.5 Å². The minimum Gasteiger partial charge on any atom is -0.490 e. The molecule has 1 aliphatic carbocycles. The van der Waals surface area contributed by atoms with E-state index >= 15 is 0 Å². The lowest BCUT2D eigenvalue weighted by Gasteiger charge is -2.25. The average molecular weight is 355 g/mol. The van der Waals surface area contributed by atoms with Crippen molar-refractivity contribution in [3.8, 4) is 5.75 Å². The van der Waals surface area contributed by atoms with Crippen molar-refractivity contribution in [1.29, 1.82) is 0 Å². The van der Waals surface area contributed by atoms with Gasteiger partial charge in [-0.25, -0.2) is 0 Å². The number of pyridine rings is 1. The van der Waals surface area contributed by atoms with E-state index in [9.17, 15) is 4.79 Å². The van der Waals surface area contributed by atoms with Gasteiger partial charge in [0, 0.05) is 19.9 Å². The topological polar surface area (TPSA) is 54.5 Å². The van der Waals surface area contributed by atoms with E-state index in [4.69, 9.17) is 4.74 Å². The Balaban J connectivity index is 0.000000187. The van der Waals surface area contributed by atoms with Crippen LogP contribution in [0.1, 0.15) is 39.2 Å². The predicted molar refractivity (Wildman–Crippen MR) is 105 cm³/mol. The summed E-state index contributed by atoms with van der Waals surface area (Å²) in [7, 11) is 0. The summed E-state index contributed by atoms with van der Waals surface area (Å²) in [6.45, 7) is 3.52. The number of carbonyl (C=O) groups is 1. The molecule has 0 spiro atoms. The van der Waals surface area contributed by atoms with Crippen LogP contribution in [0, 0.1) is 0 Å². The van der Waals surface area contributed by atoms with Gasteiger partial charge in [0.1, 0.15) is 5.75 Å². The van der Waals surface area contributed by atoms with E-state index in [1.165, 1.54) is 38.0 Å². The fourth-order valence-electron chi connectivity index (χ4n) is 2.91. The molecule has 140 valence electrons. The number of carbonyl (C=O) groups excluding carboxylic acids is 1. The molecule has 1 saturated heterocycles. The molecule has 5 nitrogen and oxygen atoms in total. The number of benzene rings is 1. The Hall–Kier alpha value is -2.40. The van der Waals surface area contributed by atoms with Gasteiger partial charge in [0.2, 0.25) is 6.41 Å². The van der Waals surface area contributed by atoms with Gasteiger partial charge in [-0.05, 0) is 75.2 Å². The zero-order valence-corrected chi connectivity index (χ0v) is 15.1. The normalized spacial score (nSPS) is 16.9. The third-order valence-corrected chi connectivity index (χ3v) is 4.47. The molecule has 1 amide bonds. The Labute approximate surface area is 156 Å². The molecule has 4 rings (SSSR count). The molecule has 2 fully saturated rings. The number of aromatic nitrogens is 1. The molecule has 1 N–H and O–H groups in total. The number of amides is 1. The lowest BCUT2D eigenvalue weighted by atomic mass is 10.1. The van der Waals surface area contributed by atoms with Crippen molar-refractivity contribution in [1.82, 2.24) is 9.88 Å². The molecule has 1 aromatic carbocycles. The summed E-state index contributed by atoms with van der Waals surface area (Å²) < 4.78 is 5.54. The molecule has 0 unspecified atom stereocenters. The number of rotatable bonds is 6. The highest BCUT2D eigenvalue weighted by atomic mass is 16.5. The average Bonchev–Trinajstić information content (AvgIpc) is 3.50. The Kier molecular flexibility index (Phi) is 7.02. The molecule has 1 saturated carbocycles. The van der Waals surface area contributed by atoms with Crippen LogP contribution in [-0.4, -0.2) is 35.5 Å². The number of anilines is 1. The molecule has 26 heavy (non-hydrogen) atoms. The first-order valence-corrected chi connectivity index (χ1v) is 9.42. The van der Waals surface area contributed by atoms with E-state index in [-0.39, 0.29) is 1.43 Å². The summed E-state index contributed by atoms with van der Waals surface area (Å²) in [5.74, 6) is 0.874. The first-order chi connectivity index (χ1) is 12.8. The third kappa shape index (κ3) is 6.48. The molecule has 0 atom stereocenters. The van der Waals surface area contributed by atoms with Gasteiger partial charge < -0.3 is 10.1 Å². The SMILES string of the molecule is O=CNc1ccc(OC2CC2)cc1.[HH].c1ccc(CN2CCCCC2)nc1. The molecule has 5 heteroatoms. The van der Waals surface area contributed by atoms with Crippen LogP contribution >= 0.6 is 0 Å². The van der Waals surface area contributed by atoms with E-state index in [1.807, 2.05) is 36.5 Å². The van der Waals surface area contributed by atoms with E-state index in [2.05, 4.69) is 27.3 Å². The van der Waals surface area contributed by atoms with Crippen molar-refractivity contribution in [2.24, 2.45) is 0 Å². The van der Waals surface area contributed by atoms with Gasteiger partial charge in [-0.3, -0.25) is 14.7 Å². The van der Waals surface area contributed by atoms with E-state index < -0.39 is 0 Å². The highest BCUT2D eigenvalue weighted by Crippen LogP contribution is 2.27. The van der Waals surface area contributed by atoms with Crippen LogP contribution in [-0.2, 0) is 11.3 Å². The number of hydrogen-bond acceptors (Lipinski definition) is 4. The summed E-state index contributed by atoms with van der Waals surface area (Å²) >= 11 is 0. The predicted octanol–water partition coefficient (Wildman–Crippen LogP) is 4.11. The second-order valence-electron chi connectivity index (χ2n) is 6.76. The highest BCUT2D eigenvalue weighted by Gasteiger charge is 2.23. The highest BCUT2D eigenvalue weighted by molar-refractivity contribution is 5.71. The second-order valence-corrected chi connectivity index (χ2v) is 6.76. The maximum absolute atomic E-state index is 10.1. The monoisotopic (exact) mass is 355 g/mol. The quantitative estimate of drug-likeness (QED) is 0.792. The fraction of sp³-hybridized carbons (Fsp3) is 0.429. The third-order valence-electron chi connectivity index (χ3n) is 4.47. The van der Waals surface area contributed by atoms with Gasteiger partial charge in [-0.2, -0.15) is 0 Å². The van der Waals surface area contributed by atoms with Gasteiger partial charge in [-0.15, -0.1) is 0 Å². The molecular formula is C21H29N3O2. The number of nitrogens with one attached hydrogen (secondary N) is 1. The summed E-state index contributed by atoms with van der Waals surface area (Å²) in [5, 5.41) is 2.57. The summed E-state index contributed by atoms with van der Waals surface area (Å²) in [4.78, 5) is 16.9. The Morgan fingerprint density at radius 1 is 1.12 bits per heavy atom. The fourth-order valence-corrected chi connectivity index (χ4v) is 2.91. The van der Waals surface area contributed by atoms with Crippen molar-refractivity contribution < 1.29 is 11.0 Å². The molecule has 2 heterocycles. The zero-order chi connectivity index (χ0) is 18.0. The molecule has 0 bridgehead atoms. The molecule has 2 aliphatic rings. The van der Waals surface area contributed by atoms with Gasteiger partial charge >= 0.3 is 0 Å². The molecular weight excluding hydrogens is 326 g/mol. The Bertz CT molecular complexity index is 657. The van der Waals surface area contributed by atoms with Gasteiger partial charge in [-0.1, -0.05) is 12.5 Å². The van der Waals surface area contributed by atoms with Crippen molar-refractivity contribution in [2.75, 3.05) is 18.4 Å². The number of ether oxygens (including phenoxy) is 1. The van der Waals surface area contributed by atoms with Gasteiger partial charge in [0.05, 0.1) is 11.8 Å². The first-order valence-electron chi connectivity index (χ1n) is 9.42. The molecule has 2 aromatic rings. The van der Waals surface area contributed by atoms with Crippen molar-refractivity contribution >= 4 is 12.1 Å². The van der Waals surface area contributed by atoms with Crippen molar-refractivity contribution in [3.05, 3.63) is 54.4 Å². The van der Waals surface area contributed by atoms with E-state index in [0.717, 1.165) is 30.8 Å². The lowest BCUT2D eigenvalue weighted by Crippen LogP contribution is -2.29. The Morgan fingerprint density at radius 3 is 2.50 bits per heavy atom. The Morgan fingerprint density at radius 2 is 1.88 bits per heavy atom. The van der Waals surface area contributed by atoms with E-state index in [1.54, 1.807) is 0 Å². The number of piperidine rings is 1. The van der Waals surface area contributed by atoms with Crippen molar-refractivity contribution in [3.63, 3.8) is 0 Å². The molecule has 0 radical (unpaired) electrons. The van der Waals surface area contributed by atoms with Crippen LogP contribution in [0.15, 0.2) is 48.7 Å². The summed E-state index contributed by atoms with van der Waals surface area (Å²) in [5.41, 5.74) is 1.99. The standard InChI is InChI=1S/C11H16N2.C10H11NO2.H2/c1-4-8-13(9-5-1)10-11-6-2-3-7-12-11;12-7-11-8-1-3-9(4-2-8)13-10-5-6-10;/h2-3,6-7H,1,4-5,8-10H2;1-4,7,10H,5-6H2,(H,11,12);1H. The lowest BCUT2D eigenvalue weighted by molar-refractivity contribution is -0.105. The summed E-state index contributed by atoms with van der Waals surface area (Å²) in [6, 6.07) is 13.5. The maximum Gasteiger partial charge on any atom is 0.211 e. The van der Waals surface area contributed by atoms with Crippen LogP contribution in [0.3, 0.4) is 0 Å². The molecule has 1 aromatic heterocycles. The largest absolute Gasteiger partial charge is 0.490 e. The van der Waals surface area contributed by atoms with Crippen LogP contribution in [0.5, 0.6) is 5.75 Å². The van der Waals surface area contributed by atoms with Crippen LogP contribution in [0.4, 0.5) is 5.69 Å². The van der Waals surface area contributed by atoms with Crippen LogP contribution in [0.25, 0.3) is 0 Å². The summed E-state index contributed by atoms with van der Waals surface area (Å²) in [6.07, 6.45) is 9.39. The zero-order valence-electron chi connectivity index (χ0n) is 15.1. The van der Waals surface area contributed by atoms with Crippen molar-refractivity contribution in [2.45, 2.75) is 44.8 Å². The first kappa shape index (κ1) is 18.4. The number of hydrogen-bond donors (Lipinski definition) is 1.